The van der Waals surface area contributed by atoms with Crippen LogP contribution in [0.1, 0.15) is 53.4 Å². The van der Waals surface area contributed by atoms with Crippen LogP contribution in [-0.2, 0) is 11.0 Å². The average molecular weight is 542 g/mol. The number of thiophene rings is 1. The average Bonchev–Trinajstić information content (AvgIpc) is 3.48. The van der Waals surface area contributed by atoms with E-state index in [0.29, 0.717) is 5.56 Å². The smallest absolute Gasteiger partial charge is 0.349 e. The summed E-state index contributed by atoms with van der Waals surface area (Å²) >= 11 is 2.49. The number of aromatic nitrogens is 1. The number of anilines is 1. The minimum atomic E-state index is -4.56. The fourth-order valence-electron chi connectivity index (χ4n) is 3.80. The van der Waals surface area contributed by atoms with Gasteiger partial charge in [0.2, 0.25) is 5.91 Å². The van der Waals surface area contributed by atoms with Crippen molar-refractivity contribution in [1.82, 2.24) is 10.3 Å². The quantitative estimate of drug-likeness (QED) is 0.288. The Hall–Kier alpha value is -3.68. The highest BCUT2D eigenvalue weighted by Gasteiger charge is 2.38. The number of terminal acetylenes is 1. The second kappa shape index (κ2) is 10.00. The van der Waals surface area contributed by atoms with Crippen molar-refractivity contribution in [2.45, 2.75) is 38.5 Å². The van der Waals surface area contributed by atoms with Gasteiger partial charge in [0.25, 0.3) is 5.91 Å². The summed E-state index contributed by atoms with van der Waals surface area (Å²) < 4.78 is 40.8. The maximum atomic E-state index is 13.9. The summed E-state index contributed by atoms with van der Waals surface area (Å²) in [5.41, 5.74) is -0.872. The number of rotatable bonds is 5. The molecule has 0 saturated heterocycles. The van der Waals surface area contributed by atoms with Crippen LogP contribution >= 0.6 is 22.7 Å². The summed E-state index contributed by atoms with van der Waals surface area (Å²) in [4.78, 5) is 33.1. The number of thiazole rings is 1. The van der Waals surface area contributed by atoms with Crippen LogP contribution in [0.2, 0.25) is 0 Å². The zero-order chi connectivity index (χ0) is 27.0. The summed E-state index contributed by atoms with van der Waals surface area (Å²) in [5.74, 6) is 1.22. The molecular weight excluding hydrogens is 519 g/mol. The van der Waals surface area contributed by atoms with Gasteiger partial charge in [0.15, 0.2) is 5.01 Å². The molecule has 4 rings (SSSR count). The molecule has 10 heteroatoms. The number of halogens is 3. The zero-order valence-corrected chi connectivity index (χ0v) is 21.7. The van der Waals surface area contributed by atoms with Crippen LogP contribution in [0, 0.1) is 12.3 Å². The van der Waals surface area contributed by atoms with Crippen molar-refractivity contribution >= 4 is 50.3 Å². The lowest BCUT2D eigenvalue weighted by Gasteiger charge is -2.33. The SMILES string of the molecule is C#Cc1nc(C(=O)N(c2ccc(C(F)(F)F)cc2)C(C(=O)NC(C)(C)C)c2csc3ccccc23)cs1. The van der Waals surface area contributed by atoms with E-state index in [0.717, 1.165) is 33.6 Å². The van der Waals surface area contributed by atoms with Gasteiger partial charge in [-0.25, -0.2) is 4.98 Å². The van der Waals surface area contributed by atoms with Gasteiger partial charge in [0.05, 0.1) is 5.56 Å². The van der Waals surface area contributed by atoms with Crippen molar-refractivity contribution in [3.05, 3.63) is 81.1 Å². The van der Waals surface area contributed by atoms with Gasteiger partial charge >= 0.3 is 6.18 Å². The lowest BCUT2D eigenvalue weighted by Crippen LogP contribution is -2.49. The molecule has 2 amide bonds. The number of nitrogens with one attached hydrogen (secondary N) is 1. The van der Waals surface area contributed by atoms with Crippen LogP contribution in [0.4, 0.5) is 18.9 Å². The maximum absolute atomic E-state index is 13.9. The predicted molar refractivity (Wildman–Crippen MR) is 141 cm³/mol. The summed E-state index contributed by atoms with van der Waals surface area (Å²) in [6.07, 6.45) is 0.869. The van der Waals surface area contributed by atoms with E-state index in [4.69, 9.17) is 6.42 Å². The van der Waals surface area contributed by atoms with Crippen molar-refractivity contribution in [1.29, 1.82) is 0 Å². The van der Waals surface area contributed by atoms with Crippen LogP contribution in [-0.4, -0.2) is 22.3 Å². The van der Waals surface area contributed by atoms with Gasteiger partial charge in [-0.05, 0) is 67.8 Å². The number of nitrogens with zero attached hydrogens (tertiary/aromatic N) is 2. The molecule has 0 aliphatic carbocycles. The van der Waals surface area contributed by atoms with Gasteiger partial charge in [-0.15, -0.1) is 29.1 Å². The minimum Gasteiger partial charge on any atom is -0.349 e. The highest BCUT2D eigenvalue weighted by atomic mass is 32.1. The number of hydrogen-bond acceptors (Lipinski definition) is 5. The first-order valence-corrected chi connectivity index (χ1v) is 12.9. The number of amides is 2. The third kappa shape index (κ3) is 5.68. The zero-order valence-electron chi connectivity index (χ0n) is 20.1. The predicted octanol–water partition coefficient (Wildman–Crippen LogP) is 6.66. The summed E-state index contributed by atoms with van der Waals surface area (Å²) in [7, 11) is 0. The lowest BCUT2D eigenvalue weighted by molar-refractivity contribution is -0.137. The van der Waals surface area contributed by atoms with E-state index in [-0.39, 0.29) is 16.4 Å². The molecule has 1 atom stereocenters. The lowest BCUT2D eigenvalue weighted by atomic mass is 9.99. The Morgan fingerprint density at radius 2 is 1.70 bits per heavy atom. The topological polar surface area (TPSA) is 62.3 Å². The number of benzene rings is 2. The molecule has 0 saturated carbocycles. The monoisotopic (exact) mass is 541 g/mol. The van der Waals surface area contributed by atoms with E-state index in [9.17, 15) is 22.8 Å². The van der Waals surface area contributed by atoms with Gasteiger partial charge in [0, 0.05) is 26.9 Å². The Labute approximate surface area is 220 Å². The number of fused-ring (bicyclic) bond motifs is 1. The molecule has 0 radical (unpaired) electrons. The van der Waals surface area contributed by atoms with Crippen molar-refractivity contribution in [3.8, 4) is 12.3 Å². The molecule has 190 valence electrons. The summed E-state index contributed by atoms with van der Waals surface area (Å²) in [6, 6.07) is 10.4. The first-order valence-electron chi connectivity index (χ1n) is 11.1. The third-order valence-electron chi connectivity index (χ3n) is 5.35. The fraction of sp³-hybridized carbons (Fsp3) is 0.222. The number of carbonyl (C=O) groups is 2. The molecule has 0 aliphatic rings. The molecule has 2 aromatic heterocycles. The molecule has 0 bridgehead atoms. The third-order valence-corrected chi connectivity index (χ3v) is 7.10. The fourth-order valence-corrected chi connectivity index (χ4v) is 5.38. The summed E-state index contributed by atoms with van der Waals surface area (Å²) in [6.45, 7) is 5.41. The minimum absolute atomic E-state index is 0.00839. The number of carbonyl (C=O) groups excluding carboxylic acids is 2. The second-order valence-corrected chi connectivity index (χ2v) is 11.0. The molecule has 2 heterocycles. The van der Waals surface area contributed by atoms with Gasteiger partial charge < -0.3 is 5.32 Å². The van der Waals surface area contributed by atoms with Crippen LogP contribution in [0.3, 0.4) is 0 Å². The Bertz CT molecular complexity index is 1490. The van der Waals surface area contributed by atoms with E-state index in [1.54, 1.807) is 26.2 Å². The van der Waals surface area contributed by atoms with Crippen LogP contribution in [0.25, 0.3) is 10.1 Å². The Kier molecular flexibility index (Phi) is 7.13. The van der Waals surface area contributed by atoms with Crippen molar-refractivity contribution in [3.63, 3.8) is 0 Å². The summed E-state index contributed by atoms with van der Waals surface area (Å²) in [5, 5.41) is 7.21. The van der Waals surface area contributed by atoms with Gasteiger partial charge in [-0.2, -0.15) is 13.2 Å². The first kappa shape index (κ1) is 26.4. The normalized spacial score (nSPS) is 12.7. The van der Waals surface area contributed by atoms with E-state index in [1.165, 1.54) is 33.7 Å². The molecule has 2 aromatic carbocycles. The van der Waals surface area contributed by atoms with Gasteiger partial charge in [0.1, 0.15) is 11.7 Å². The molecule has 1 N–H and O–H groups in total. The van der Waals surface area contributed by atoms with E-state index in [2.05, 4.69) is 16.2 Å². The van der Waals surface area contributed by atoms with E-state index in [1.807, 2.05) is 24.3 Å². The van der Waals surface area contributed by atoms with Gasteiger partial charge in [-0.1, -0.05) is 18.2 Å². The standard InChI is InChI=1S/C27H22F3N3O2S2/c1-5-22-31-20(15-37-22)25(35)33(17-12-10-16(11-13-17)27(28,29)30)23(24(34)32-26(2,3)4)19-14-36-21-9-7-6-8-18(19)21/h1,6-15,23H,2-4H3,(H,32,34). The Balaban J connectivity index is 1.93. The highest BCUT2D eigenvalue weighted by Crippen LogP contribution is 2.38. The molecule has 4 aromatic rings. The van der Waals surface area contributed by atoms with Crippen molar-refractivity contribution in [2.75, 3.05) is 4.90 Å². The first-order chi connectivity index (χ1) is 17.4. The number of hydrogen-bond donors (Lipinski definition) is 1. The molecule has 1 unspecified atom stereocenters. The van der Waals surface area contributed by atoms with Crippen LogP contribution in [0.5, 0.6) is 0 Å². The van der Waals surface area contributed by atoms with Crippen LogP contribution in [0.15, 0.2) is 59.3 Å². The molecular formula is C27H22F3N3O2S2. The largest absolute Gasteiger partial charge is 0.416 e. The molecule has 0 spiro atoms. The van der Waals surface area contributed by atoms with Crippen molar-refractivity contribution < 1.29 is 22.8 Å². The second-order valence-electron chi connectivity index (χ2n) is 9.23. The van der Waals surface area contributed by atoms with Crippen LogP contribution < -0.4 is 10.2 Å². The molecule has 5 nitrogen and oxygen atoms in total. The number of alkyl halides is 3. The molecule has 0 aliphatic heterocycles. The van der Waals surface area contributed by atoms with Gasteiger partial charge in [-0.3, -0.25) is 14.5 Å². The molecule has 37 heavy (non-hydrogen) atoms. The molecule has 0 fully saturated rings. The Morgan fingerprint density at radius 1 is 1.03 bits per heavy atom. The van der Waals surface area contributed by atoms with E-state index < -0.39 is 35.1 Å². The maximum Gasteiger partial charge on any atom is 0.416 e. The van der Waals surface area contributed by atoms with Crippen molar-refractivity contribution in [2.24, 2.45) is 0 Å². The highest BCUT2D eigenvalue weighted by molar-refractivity contribution is 7.17. The Morgan fingerprint density at radius 3 is 2.30 bits per heavy atom. The van der Waals surface area contributed by atoms with E-state index >= 15 is 0 Å².